The van der Waals surface area contributed by atoms with Gasteiger partial charge in [-0.05, 0) is 37.9 Å². The van der Waals surface area contributed by atoms with Crippen molar-refractivity contribution in [3.8, 4) is 0 Å². The molecule has 3 nitrogen and oxygen atoms in total. The average Bonchev–Trinajstić information content (AvgIpc) is 2.73. The molecule has 1 aliphatic rings. The topological polar surface area (TPSA) is 40.5 Å². The highest BCUT2D eigenvalue weighted by molar-refractivity contribution is 7.16. The molecule has 0 radical (unpaired) electrons. The Hall–Kier alpha value is -0.580. The number of piperidine rings is 1. The lowest BCUT2D eigenvalue weighted by molar-refractivity contribution is -0.143. The van der Waals surface area contributed by atoms with Crippen LogP contribution in [0.1, 0.15) is 17.7 Å². The average molecular weight is 274 g/mol. The first-order valence-electron chi connectivity index (χ1n) is 5.84. The molecule has 1 N–H and O–H groups in total. The Bertz CT molecular complexity index is 394. The molecule has 1 fully saturated rings. The van der Waals surface area contributed by atoms with Gasteiger partial charge in [0.1, 0.15) is 0 Å². The van der Waals surface area contributed by atoms with Crippen LogP contribution < -0.4 is 0 Å². The van der Waals surface area contributed by atoms with Crippen LogP contribution in [0.15, 0.2) is 12.1 Å². The maximum Gasteiger partial charge on any atom is 0.307 e. The second-order valence-corrected chi connectivity index (χ2v) is 6.23. The van der Waals surface area contributed by atoms with Crippen LogP contribution in [0.4, 0.5) is 0 Å². The molecule has 1 aromatic heterocycles. The number of halogens is 1. The predicted molar refractivity (Wildman–Crippen MR) is 69.8 cm³/mol. The van der Waals surface area contributed by atoms with Gasteiger partial charge in [-0.1, -0.05) is 11.6 Å². The second kappa shape index (κ2) is 5.85. The van der Waals surface area contributed by atoms with Gasteiger partial charge in [0.25, 0.3) is 0 Å². The van der Waals surface area contributed by atoms with Crippen LogP contribution in [0.25, 0.3) is 0 Å². The minimum atomic E-state index is -0.658. The Morgan fingerprint density at radius 1 is 1.59 bits per heavy atom. The van der Waals surface area contributed by atoms with Gasteiger partial charge in [-0.3, -0.25) is 4.79 Å². The van der Waals surface area contributed by atoms with E-state index in [1.807, 2.05) is 12.1 Å². The van der Waals surface area contributed by atoms with Gasteiger partial charge in [0.05, 0.1) is 10.3 Å². The van der Waals surface area contributed by atoms with Crippen LogP contribution in [-0.4, -0.2) is 35.6 Å². The molecule has 0 bridgehead atoms. The largest absolute Gasteiger partial charge is 0.481 e. The molecule has 0 saturated carbocycles. The van der Waals surface area contributed by atoms with E-state index in [1.54, 1.807) is 11.3 Å². The van der Waals surface area contributed by atoms with Crippen molar-refractivity contribution in [2.24, 2.45) is 5.92 Å². The zero-order chi connectivity index (χ0) is 12.3. The Morgan fingerprint density at radius 2 is 2.41 bits per heavy atom. The van der Waals surface area contributed by atoms with Gasteiger partial charge in [0, 0.05) is 18.0 Å². The lowest BCUT2D eigenvalue weighted by Crippen LogP contribution is -2.39. The molecular weight excluding hydrogens is 258 g/mol. The van der Waals surface area contributed by atoms with Crippen LogP contribution in [-0.2, 0) is 11.2 Å². The molecule has 94 valence electrons. The van der Waals surface area contributed by atoms with Crippen molar-refractivity contribution in [3.63, 3.8) is 0 Å². The highest BCUT2D eigenvalue weighted by Gasteiger charge is 2.24. The normalized spacial score (nSPS) is 21.6. The zero-order valence-electron chi connectivity index (χ0n) is 9.56. The van der Waals surface area contributed by atoms with Crippen molar-refractivity contribution in [3.05, 3.63) is 21.3 Å². The number of carboxylic acid groups (broad SMARTS) is 1. The highest BCUT2D eigenvalue weighted by Crippen LogP contribution is 2.23. The number of hydrogen-bond donors (Lipinski definition) is 1. The first kappa shape index (κ1) is 12.9. The molecular formula is C12H16ClNO2S. The Balaban J connectivity index is 1.81. The fourth-order valence-electron chi connectivity index (χ4n) is 2.21. The minimum absolute atomic E-state index is 0.185. The molecule has 0 aliphatic carbocycles. The Labute approximate surface area is 110 Å². The fraction of sp³-hybridized carbons (Fsp3) is 0.583. The van der Waals surface area contributed by atoms with E-state index >= 15 is 0 Å². The van der Waals surface area contributed by atoms with Gasteiger partial charge in [-0.25, -0.2) is 0 Å². The van der Waals surface area contributed by atoms with Crippen molar-refractivity contribution < 1.29 is 9.90 Å². The van der Waals surface area contributed by atoms with Crippen molar-refractivity contribution in [1.29, 1.82) is 0 Å². The summed E-state index contributed by atoms with van der Waals surface area (Å²) in [5, 5.41) is 9.00. The molecule has 0 amide bonds. The Kier molecular flexibility index (Phi) is 4.42. The second-order valence-electron chi connectivity index (χ2n) is 4.43. The summed E-state index contributed by atoms with van der Waals surface area (Å²) >= 11 is 7.48. The third-order valence-electron chi connectivity index (χ3n) is 3.16. The maximum absolute atomic E-state index is 10.9. The number of thiophene rings is 1. The van der Waals surface area contributed by atoms with E-state index in [0.717, 1.165) is 36.7 Å². The lowest BCUT2D eigenvalue weighted by Gasteiger charge is -2.30. The summed E-state index contributed by atoms with van der Waals surface area (Å²) in [7, 11) is 0. The molecule has 1 saturated heterocycles. The number of hydrogen-bond acceptors (Lipinski definition) is 3. The quantitative estimate of drug-likeness (QED) is 0.917. The highest BCUT2D eigenvalue weighted by atomic mass is 35.5. The Morgan fingerprint density at radius 3 is 3.06 bits per heavy atom. The number of likely N-dealkylation sites (tertiary alicyclic amines) is 1. The molecule has 5 heteroatoms. The summed E-state index contributed by atoms with van der Waals surface area (Å²) in [6, 6.07) is 3.96. The molecule has 0 spiro atoms. The van der Waals surface area contributed by atoms with E-state index in [4.69, 9.17) is 16.7 Å². The summed E-state index contributed by atoms with van der Waals surface area (Å²) in [6.45, 7) is 2.64. The lowest BCUT2D eigenvalue weighted by atomic mass is 9.98. The van der Waals surface area contributed by atoms with Gasteiger partial charge in [0.15, 0.2) is 0 Å². The third-order valence-corrected chi connectivity index (χ3v) is 4.45. The standard InChI is InChI=1S/C12H16ClNO2S/c13-11-4-3-10(17-11)5-7-14-6-1-2-9(8-14)12(15)16/h3-4,9H,1-2,5-8H2,(H,15,16). The number of aliphatic carboxylic acids is 1. The van der Waals surface area contributed by atoms with E-state index in [0.29, 0.717) is 6.54 Å². The van der Waals surface area contributed by atoms with Crippen molar-refractivity contribution in [2.45, 2.75) is 19.3 Å². The third kappa shape index (κ3) is 3.69. The summed E-state index contributed by atoms with van der Waals surface area (Å²) < 4.78 is 0.821. The summed E-state index contributed by atoms with van der Waals surface area (Å²) in [6.07, 6.45) is 2.77. The summed E-state index contributed by atoms with van der Waals surface area (Å²) in [4.78, 5) is 14.5. The van der Waals surface area contributed by atoms with Gasteiger partial charge < -0.3 is 10.0 Å². The van der Waals surface area contributed by atoms with E-state index in [-0.39, 0.29) is 5.92 Å². The SMILES string of the molecule is O=C(O)C1CCCN(CCc2ccc(Cl)s2)C1. The number of nitrogens with zero attached hydrogens (tertiary/aromatic N) is 1. The number of carbonyl (C=O) groups is 1. The molecule has 1 aromatic rings. The zero-order valence-corrected chi connectivity index (χ0v) is 11.1. The van der Waals surface area contributed by atoms with E-state index in [2.05, 4.69) is 4.90 Å². The van der Waals surface area contributed by atoms with Crippen molar-refractivity contribution in [2.75, 3.05) is 19.6 Å². The minimum Gasteiger partial charge on any atom is -0.481 e. The van der Waals surface area contributed by atoms with Crippen LogP contribution in [0.2, 0.25) is 4.34 Å². The van der Waals surface area contributed by atoms with Crippen molar-refractivity contribution in [1.82, 2.24) is 4.90 Å². The smallest absolute Gasteiger partial charge is 0.307 e. The molecule has 2 heterocycles. The van der Waals surface area contributed by atoms with E-state index in [1.165, 1.54) is 4.88 Å². The van der Waals surface area contributed by atoms with Crippen LogP contribution in [0, 0.1) is 5.92 Å². The monoisotopic (exact) mass is 273 g/mol. The molecule has 0 aromatic carbocycles. The number of rotatable bonds is 4. The summed E-state index contributed by atoms with van der Waals surface area (Å²) in [5.41, 5.74) is 0. The molecule has 2 rings (SSSR count). The van der Waals surface area contributed by atoms with Gasteiger partial charge >= 0.3 is 5.97 Å². The van der Waals surface area contributed by atoms with Gasteiger partial charge in [-0.2, -0.15) is 0 Å². The first-order valence-corrected chi connectivity index (χ1v) is 7.04. The predicted octanol–water partition coefficient (Wildman–Crippen LogP) is 2.74. The van der Waals surface area contributed by atoms with Crippen molar-refractivity contribution >= 4 is 28.9 Å². The van der Waals surface area contributed by atoms with Gasteiger partial charge in [0.2, 0.25) is 0 Å². The molecule has 1 aliphatic heterocycles. The molecule has 17 heavy (non-hydrogen) atoms. The van der Waals surface area contributed by atoms with E-state index in [9.17, 15) is 4.79 Å². The van der Waals surface area contributed by atoms with E-state index < -0.39 is 5.97 Å². The summed E-state index contributed by atoms with van der Waals surface area (Å²) in [5.74, 6) is -0.843. The molecule has 1 unspecified atom stereocenters. The van der Waals surface area contributed by atoms with Gasteiger partial charge in [-0.15, -0.1) is 11.3 Å². The van der Waals surface area contributed by atoms with Crippen LogP contribution >= 0.6 is 22.9 Å². The number of carboxylic acids is 1. The fourth-order valence-corrected chi connectivity index (χ4v) is 3.29. The molecule has 1 atom stereocenters. The van der Waals surface area contributed by atoms with Crippen LogP contribution in [0.5, 0.6) is 0 Å². The van der Waals surface area contributed by atoms with Crippen LogP contribution in [0.3, 0.4) is 0 Å². The first-order chi connectivity index (χ1) is 8.15. The maximum atomic E-state index is 10.9.